The highest BCUT2D eigenvalue weighted by atomic mass is 16.5. The summed E-state index contributed by atoms with van der Waals surface area (Å²) in [4.78, 5) is 17.9. The Hall–Kier alpha value is -3.18. The van der Waals surface area contributed by atoms with Gasteiger partial charge in [0.2, 0.25) is 5.82 Å². The summed E-state index contributed by atoms with van der Waals surface area (Å²) in [5.74, 6) is 1.58. The number of rotatable bonds is 3. The number of fused-ring (bicyclic) bond motifs is 1. The first-order valence-electron chi connectivity index (χ1n) is 8.10. The van der Waals surface area contributed by atoms with E-state index in [9.17, 15) is 4.79 Å². The van der Waals surface area contributed by atoms with E-state index in [1.165, 1.54) is 0 Å². The van der Waals surface area contributed by atoms with Gasteiger partial charge in [0.1, 0.15) is 11.4 Å². The number of hydrogen-bond donors (Lipinski definition) is 1. The second-order valence-corrected chi connectivity index (χ2v) is 5.95. The van der Waals surface area contributed by atoms with Gasteiger partial charge in [0, 0.05) is 19.3 Å². The van der Waals surface area contributed by atoms with Gasteiger partial charge in [-0.25, -0.2) is 4.98 Å². The van der Waals surface area contributed by atoms with Crippen molar-refractivity contribution in [1.82, 2.24) is 4.98 Å². The molecule has 124 valence electrons. The first-order chi connectivity index (χ1) is 12.2. The van der Waals surface area contributed by atoms with Crippen molar-refractivity contribution in [2.75, 3.05) is 18.6 Å². The number of nitrogens with zero attached hydrogens (tertiary/aromatic N) is 2. The van der Waals surface area contributed by atoms with Crippen molar-refractivity contribution < 1.29 is 14.8 Å². The topological polar surface area (TPSA) is 59.0 Å². The highest BCUT2D eigenvalue weighted by molar-refractivity contribution is 5.98. The Labute approximate surface area is 145 Å². The molecule has 5 heteroatoms. The van der Waals surface area contributed by atoms with Crippen LogP contribution in [0.15, 0.2) is 66.9 Å². The molecule has 4 rings (SSSR count). The molecular weight excluding hydrogens is 314 g/mol. The number of quaternary nitrogens is 1. The average molecular weight is 332 g/mol. The zero-order valence-corrected chi connectivity index (χ0v) is 13.8. The lowest BCUT2D eigenvalue weighted by atomic mass is 10.0. The molecular formula is C20H18N3O2+. The van der Waals surface area contributed by atoms with E-state index in [1.807, 2.05) is 66.0 Å². The molecule has 0 radical (unpaired) electrons. The minimum Gasteiger partial charge on any atom is -0.482 e. The standard InChI is InChI=1S/C20H17N3O2/c1-23-17-11-14(7-8-18(17)25-13-20(23)24)15-9-10-21-19(12-15)22-16-5-3-2-4-6-16/h2-12H,13H2,1H3,(H,21,22)/p+1. The highest BCUT2D eigenvalue weighted by Crippen LogP contribution is 2.35. The van der Waals surface area contributed by atoms with Crippen molar-refractivity contribution >= 4 is 23.1 Å². The predicted octanol–water partition coefficient (Wildman–Crippen LogP) is 2.63. The number of hydrogen-bond acceptors (Lipinski definition) is 3. The maximum absolute atomic E-state index is 11.8. The van der Waals surface area contributed by atoms with Crippen LogP contribution in [0.4, 0.5) is 17.2 Å². The third kappa shape index (κ3) is 3.09. The summed E-state index contributed by atoms with van der Waals surface area (Å²) in [6.45, 7) is 0.0916. The normalized spacial score (nSPS) is 13.3. The number of carbonyl (C=O) groups excluding carboxylic acids is 1. The second kappa shape index (κ2) is 6.37. The number of aromatic nitrogens is 1. The summed E-state index contributed by atoms with van der Waals surface area (Å²) < 4.78 is 5.49. The monoisotopic (exact) mass is 332 g/mol. The van der Waals surface area contributed by atoms with E-state index < -0.39 is 0 Å². The molecule has 0 unspecified atom stereocenters. The Morgan fingerprint density at radius 3 is 2.68 bits per heavy atom. The lowest BCUT2D eigenvalue weighted by Crippen LogP contribution is -2.71. The van der Waals surface area contributed by atoms with Crippen LogP contribution in [0.3, 0.4) is 0 Å². The number of benzene rings is 2. The van der Waals surface area contributed by atoms with Gasteiger partial charge < -0.3 is 9.64 Å². The number of ether oxygens (including phenoxy) is 1. The lowest BCUT2D eigenvalue weighted by Gasteiger charge is -2.26. The van der Waals surface area contributed by atoms with E-state index in [0.717, 1.165) is 34.1 Å². The SMILES string of the molecule is CN1C(=O)COc2ccc(-c3ccnc([NH2+]c4ccccc4)c3)cc21. The Bertz CT molecular complexity index is 925. The zero-order valence-electron chi connectivity index (χ0n) is 13.8. The number of carbonyl (C=O) groups is 1. The van der Waals surface area contributed by atoms with Gasteiger partial charge in [0.15, 0.2) is 6.61 Å². The fourth-order valence-electron chi connectivity index (χ4n) is 2.88. The summed E-state index contributed by atoms with van der Waals surface area (Å²) in [6.07, 6.45) is 1.80. The molecule has 2 aromatic carbocycles. The van der Waals surface area contributed by atoms with Gasteiger partial charge in [-0.3, -0.25) is 10.1 Å². The molecule has 1 amide bonds. The number of para-hydroxylation sites is 1. The largest absolute Gasteiger partial charge is 0.482 e. The molecule has 0 bridgehead atoms. The van der Waals surface area contributed by atoms with Gasteiger partial charge in [-0.15, -0.1) is 0 Å². The van der Waals surface area contributed by atoms with Crippen molar-refractivity contribution in [3.8, 4) is 16.9 Å². The third-order valence-electron chi connectivity index (χ3n) is 4.27. The number of likely N-dealkylation sites (N-methyl/N-ethyl adjacent to an activating group) is 1. The minimum atomic E-state index is -0.0440. The van der Waals surface area contributed by atoms with E-state index in [2.05, 4.69) is 4.98 Å². The summed E-state index contributed by atoms with van der Waals surface area (Å²) in [7, 11) is 1.77. The molecule has 0 saturated carbocycles. The van der Waals surface area contributed by atoms with Crippen LogP contribution in [0, 0.1) is 0 Å². The van der Waals surface area contributed by atoms with E-state index >= 15 is 0 Å². The molecule has 3 aromatic rings. The summed E-state index contributed by atoms with van der Waals surface area (Å²) >= 11 is 0. The Balaban J connectivity index is 1.66. The van der Waals surface area contributed by atoms with Crippen molar-refractivity contribution in [1.29, 1.82) is 0 Å². The number of nitrogens with two attached hydrogens (primary N) is 1. The van der Waals surface area contributed by atoms with Crippen molar-refractivity contribution in [3.63, 3.8) is 0 Å². The summed E-state index contributed by atoms with van der Waals surface area (Å²) in [5.41, 5.74) is 3.97. The minimum absolute atomic E-state index is 0.0440. The van der Waals surface area contributed by atoms with Gasteiger partial charge in [-0.05, 0) is 41.5 Å². The van der Waals surface area contributed by atoms with Gasteiger partial charge in [0.05, 0.1) is 5.69 Å². The molecule has 0 fully saturated rings. The van der Waals surface area contributed by atoms with Gasteiger partial charge in [-0.2, -0.15) is 0 Å². The molecule has 0 spiro atoms. The van der Waals surface area contributed by atoms with Crippen molar-refractivity contribution in [2.45, 2.75) is 0 Å². The third-order valence-corrected chi connectivity index (χ3v) is 4.27. The smallest absolute Gasteiger partial charge is 0.264 e. The Morgan fingerprint density at radius 2 is 1.84 bits per heavy atom. The number of pyridine rings is 1. The Kier molecular flexibility index (Phi) is 3.91. The van der Waals surface area contributed by atoms with Gasteiger partial charge in [0.25, 0.3) is 5.91 Å². The maximum atomic E-state index is 11.8. The Morgan fingerprint density at radius 1 is 1.04 bits per heavy atom. The second-order valence-electron chi connectivity index (χ2n) is 5.95. The quantitative estimate of drug-likeness (QED) is 0.750. The van der Waals surface area contributed by atoms with E-state index in [4.69, 9.17) is 4.74 Å². The molecule has 2 heterocycles. The molecule has 2 N–H and O–H groups in total. The predicted molar refractivity (Wildman–Crippen MR) is 96.3 cm³/mol. The molecule has 1 aliphatic rings. The van der Waals surface area contributed by atoms with Crippen LogP contribution in [0.5, 0.6) is 5.75 Å². The van der Waals surface area contributed by atoms with E-state index in [0.29, 0.717) is 0 Å². The highest BCUT2D eigenvalue weighted by Gasteiger charge is 2.22. The molecule has 0 aliphatic carbocycles. The van der Waals surface area contributed by atoms with Crippen LogP contribution in [0.2, 0.25) is 0 Å². The van der Waals surface area contributed by atoms with Crippen LogP contribution < -0.4 is 15.0 Å². The first-order valence-corrected chi connectivity index (χ1v) is 8.10. The molecule has 0 atom stereocenters. The van der Waals surface area contributed by atoms with Crippen molar-refractivity contribution in [2.24, 2.45) is 0 Å². The number of anilines is 1. The number of amides is 1. The molecule has 1 aromatic heterocycles. The van der Waals surface area contributed by atoms with Crippen LogP contribution in [0.1, 0.15) is 0 Å². The summed E-state index contributed by atoms with van der Waals surface area (Å²) in [5, 5.41) is 2.04. The van der Waals surface area contributed by atoms with Gasteiger partial charge in [-0.1, -0.05) is 24.3 Å². The van der Waals surface area contributed by atoms with Gasteiger partial charge >= 0.3 is 0 Å². The fourth-order valence-corrected chi connectivity index (χ4v) is 2.88. The molecule has 1 aliphatic heterocycles. The zero-order chi connectivity index (χ0) is 17.2. The molecule has 0 saturated heterocycles. The van der Waals surface area contributed by atoms with E-state index in [1.54, 1.807) is 18.1 Å². The van der Waals surface area contributed by atoms with Crippen LogP contribution in [-0.4, -0.2) is 24.5 Å². The van der Waals surface area contributed by atoms with E-state index in [-0.39, 0.29) is 12.5 Å². The van der Waals surface area contributed by atoms with Crippen LogP contribution >= 0.6 is 0 Å². The fraction of sp³-hybridized carbons (Fsp3) is 0.100. The lowest BCUT2D eigenvalue weighted by molar-refractivity contribution is -0.482. The van der Waals surface area contributed by atoms with Crippen molar-refractivity contribution in [3.05, 3.63) is 66.9 Å². The molecule has 25 heavy (non-hydrogen) atoms. The van der Waals surface area contributed by atoms with Crippen LogP contribution in [0.25, 0.3) is 11.1 Å². The van der Waals surface area contributed by atoms with Crippen LogP contribution in [-0.2, 0) is 4.79 Å². The first kappa shape index (κ1) is 15.4. The maximum Gasteiger partial charge on any atom is 0.264 e. The summed E-state index contributed by atoms with van der Waals surface area (Å²) in [6, 6.07) is 20.0. The molecule has 5 nitrogen and oxygen atoms in total. The average Bonchev–Trinajstić information content (AvgIpc) is 2.66.